The second-order valence-electron chi connectivity index (χ2n) is 4.73. The van der Waals surface area contributed by atoms with Crippen molar-refractivity contribution in [2.75, 3.05) is 12.3 Å². The van der Waals surface area contributed by atoms with E-state index in [1.165, 1.54) is 47.0 Å². The molecular formula is C14H18N2S2. The molecule has 1 atom stereocenters. The third-order valence-electron chi connectivity index (χ3n) is 3.36. The van der Waals surface area contributed by atoms with Gasteiger partial charge in [-0.05, 0) is 44.4 Å². The minimum absolute atomic E-state index is 0.779. The van der Waals surface area contributed by atoms with E-state index in [0.29, 0.717) is 0 Å². The topological polar surface area (TPSA) is 24.9 Å². The van der Waals surface area contributed by atoms with Crippen LogP contribution >= 0.6 is 23.1 Å². The van der Waals surface area contributed by atoms with Crippen molar-refractivity contribution in [3.8, 4) is 0 Å². The summed E-state index contributed by atoms with van der Waals surface area (Å²) in [5, 5.41) is 3.55. The molecule has 0 bridgehead atoms. The van der Waals surface area contributed by atoms with Gasteiger partial charge in [-0.3, -0.25) is 0 Å². The first kappa shape index (κ1) is 12.5. The Morgan fingerprint density at radius 2 is 2.33 bits per heavy atom. The van der Waals surface area contributed by atoms with Crippen LogP contribution in [0.5, 0.6) is 0 Å². The fourth-order valence-corrected chi connectivity index (χ4v) is 4.51. The lowest BCUT2D eigenvalue weighted by Gasteiger charge is -2.08. The summed E-state index contributed by atoms with van der Waals surface area (Å²) >= 11 is 3.73. The molecule has 18 heavy (non-hydrogen) atoms. The highest BCUT2D eigenvalue weighted by Gasteiger charge is 2.13. The van der Waals surface area contributed by atoms with Crippen LogP contribution in [0.15, 0.2) is 28.6 Å². The smallest absolute Gasteiger partial charge is 0.151 e. The molecule has 1 N–H and O–H groups in total. The summed E-state index contributed by atoms with van der Waals surface area (Å²) in [6.45, 7) is 1.22. The maximum Gasteiger partial charge on any atom is 0.151 e. The normalized spacial score (nSPS) is 19.7. The van der Waals surface area contributed by atoms with Crippen LogP contribution in [0.25, 0.3) is 10.2 Å². The van der Waals surface area contributed by atoms with Crippen molar-refractivity contribution < 1.29 is 0 Å². The van der Waals surface area contributed by atoms with Crippen molar-refractivity contribution >= 4 is 33.3 Å². The molecule has 1 aromatic heterocycles. The zero-order valence-electron chi connectivity index (χ0n) is 10.4. The molecule has 0 aliphatic carbocycles. The summed E-state index contributed by atoms with van der Waals surface area (Å²) in [7, 11) is 0. The first-order valence-electron chi connectivity index (χ1n) is 6.63. The number of thioether (sulfide) groups is 1. The molecule has 2 heterocycles. The van der Waals surface area contributed by atoms with E-state index < -0.39 is 0 Å². The average Bonchev–Trinajstić information content (AvgIpc) is 3.03. The fraction of sp³-hybridized carbons (Fsp3) is 0.500. The summed E-state index contributed by atoms with van der Waals surface area (Å²) in [5.74, 6) is 1.19. The minimum atomic E-state index is 0.779. The van der Waals surface area contributed by atoms with E-state index in [4.69, 9.17) is 0 Å². The van der Waals surface area contributed by atoms with Crippen LogP contribution in [-0.2, 0) is 0 Å². The number of benzene rings is 1. The van der Waals surface area contributed by atoms with E-state index in [9.17, 15) is 0 Å². The van der Waals surface area contributed by atoms with E-state index in [1.54, 1.807) is 0 Å². The van der Waals surface area contributed by atoms with Crippen LogP contribution in [0.2, 0.25) is 0 Å². The Bertz CT molecular complexity index is 470. The number of hydrogen-bond donors (Lipinski definition) is 1. The van der Waals surface area contributed by atoms with E-state index in [0.717, 1.165) is 11.6 Å². The zero-order valence-corrected chi connectivity index (χ0v) is 12.0. The standard InChI is InChI=1S/C14H18N2S2/c1-2-8-13-12(7-1)16-14(18-13)17-10-4-6-11-5-3-9-15-11/h1-2,7-8,11,15H,3-6,9-10H2. The van der Waals surface area contributed by atoms with Gasteiger partial charge in [-0.15, -0.1) is 11.3 Å². The Kier molecular flexibility index (Phi) is 4.18. The molecule has 1 aromatic carbocycles. The lowest BCUT2D eigenvalue weighted by molar-refractivity contribution is 0.553. The van der Waals surface area contributed by atoms with E-state index in [-0.39, 0.29) is 0 Å². The Morgan fingerprint density at radius 3 is 3.17 bits per heavy atom. The molecule has 0 radical (unpaired) electrons. The maximum atomic E-state index is 4.65. The van der Waals surface area contributed by atoms with Crippen LogP contribution in [-0.4, -0.2) is 23.3 Å². The third-order valence-corrected chi connectivity index (χ3v) is 5.62. The molecule has 1 fully saturated rings. The lowest BCUT2D eigenvalue weighted by Crippen LogP contribution is -2.20. The Balaban J connectivity index is 1.47. The molecule has 96 valence electrons. The van der Waals surface area contributed by atoms with Gasteiger partial charge in [0.1, 0.15) is 0 Å². The van der Waals surface area contributed by atoms with Gasteiger partial charge in [-0.25, -0.2) is 4.98 Å². The van der Waals surface area contributed by atoms with Crippen molar-refractivity contribution in [3.05, 3.63) is 24.3 Å². The molecule has 0 amide bonds. The molecular weight excluding hydrogens is 260 g/mol. The highest BCUT2D eigenvalue weighted by molar-refractivity contribution is 8.01. The van der Waals surface area contributed by atoms with E-state index >= 15 is 0 Å². The van der Waals surface area contributed by atoms with Crippen molar-refractivity contribution in [2.24, 2.45) is 0 Å². The number of nitrogens with one attached hydrogen (secondary N) is 1. The van der Waals surface area contributed by atoms with Gasteiger partial charge < -0.3 is 5.32 Å². The summed E-state index contributed by atoms with van der Waals surface area (Å²) in [6, 6.07) is 9.17. The third kappa shape index (κ3) is 3.05. The minimum Gasteiger partial charge on any atom is -0.314 e. The van der Waals surface area contributed by atoms with Gasteiger partial charge in [0.15, 0.2) is 4.34 Å². The van der Waals surface area contributed by atoms with Crippen LogP contribution in [0.3, 0.4) is 0 Å². The molecule has 1 saturated heterocycles. The summed E-state index contributed by atoms with van der Waals surface area (Å²) < 4.78 is 2.52. The van der Waals surface area contributed by atoms with Crippen molar-refractivity contribution in [1.29, 1.82) is 0 Å². The number of aromatic nitrogens is 1. The average molecular weight is 278 g/mol. The van der Waals surface area contributed by atoms with Crippen LogP contribution in [0.4, 0.5) is 0 Å². The predicted octanol–water partition coefficient (Wildman–Crippen LogP) is 3.92. The van der Waals surface area contributed by atoms with Gasteiger partial charge in [0.05, 0.1) is 10.2 Å². The van der Waals surface area contributed by atoms with Crippen LogP contribution in [0, 0.1) is 0 Å². The predicted molar refractivity (Wildman–Crippen MR) is 80.6 cm³/mol. The number of fused-ring (bicyclic) bond motifs is 1. The second kappa shape index (κ2) is 6.04. The zero-order chi connectivity index (χ0) is 12.2. The number of thiazole rings is 1. The molecule has 1 aliphatic heterocycles. The second-order valence-corrected chi connectivity index (χ2v) is 7.10. The summed E-state index contributed by atoms with van der Waals surface area (Å²) in [6.07, 6.45) is 5.33. The highest BCUT2D eigenvalue weighted by atomic mass is 32.2. The molecule has 2 nitrogen and oxygen atoms in total. The van der Waals surface area contributed by atoms with Crippen LogP contribution < -0.4 is 5.32 Å². The van der Waals surface area contributed by atoms with Gasteiger partial charge in [0, 0.05) is 11.8 Å². The van der Waals surface area contributed by atoms with Crippen LogP contribution in [0.1, 0.15) is 25.7 Å². The van der Waals surface area contributed by atoms with E-state index in [1.807, 2.05) is 23.1 Å². The quantitative estimate of drug-likeness (QED) is 0.663. The van der Waals surface area contributed by atoms with Crippen molar-refractivity contribution in [2.45, 2.75) is 36.1 Å². The van der Waals surface area contributed by atoms with Gasteiger partial charge in [0.2, 0.25) is 0 Å². The molecule has 3 rings (SSSR count). The fourth-order valence-electron chi connectivity index (χ4n) is 2.41. The summed E-state index contributed by atoms with van der Waals surface area (Å²) in [4.78, 5) is 4.65. The largest absolute Gasteiger partial charge is 0.314 e. The van der Waals surface area contributed by atoms with Gasteiger partial charge in [-0.1, -0.05) is 23.9 Å². The molecule has 0 spiro atoms. The van der Waals surface area contributed by atoms with Crippen molar-refractivity contribution in [3.63, 3.8) is 0 Å². The Labute approximate surface area is 116 Å². The van der Waals surface area contributed by atoms with E-state index in [2.05, 4.69) is 34.6 Å². The number of nitrogens with zero attached hydrogens (tertiary/aromatic N) is 1. The summed E-state index contributed by atoms with van der Waals surface area (Å²) in [5.41, 5.74) is 1.14. The Morgan fingerprint density at radius 1 is 1.39 bits per heavy atom. The number of rotatable bonds is 5. The SMILES string of the molecule is c1ccc2sc(SCCCC3CCCN3)nc2c1. The number of hydrogen-bond acceptors (Lipinski definition) is 4. The van der Waals surface area contributed by atoms with Gasteiger partial charge in [0.25, 0.3) is 0 Å². The molecule has 0 saturated carbocycles. The molecule has 1 unspecified atom stereocenters. The Hall–Kier alpha value is -0.580. The molecule has 4 heteroatoms. The molecule has 1 aliphatic rings. The van der Waals surface area contributed by atoms with Crippen molar-refractivity contribution in [1.82, 2.24) is 10.3 Å². The monoisotopic (exact) mass is 278 g/mol. The first-order valence-corrected chi connectivity index (χ1v) is 8.44. The highest BCUT2D eigenvalue weighted by Crippen LogP contribution is 2.30. The maximum absolute atomic E-state index is 4.65. The lowest BCUT2D eigenvalue weighted by atomic mass is 10.1. The van der Waals surface area contributed by atoms with Gasteiger partial charge >= 0.3 is 0 Å². The first-order chi connectivity index (χ1) is 8.92. The number of para-hydroxylation sites is 1. The van der Waals surface area contributed by atoms with Gasteiger partial charge in [-0.2, -0.15) is 0 Å². The molecule has 2 aromatic rings.